The van der Waals surface area contributed by atoms with Gasteiger partial charge in [0.2, 0.25) is 5.91 Å². The van der Waals surface area contributed by atoms with Gasteiger partial charge < -0.3 is 15.0 Å². The summed E-state index contributed by atoms with van der Waals surface area (Å²) in [5.74, 6) is 0.650. The normalized spacial score (nSPS) is 20.2. The molecule has 2 aliphatic heterocycles. The van der Waals surface area contributed by atoms with E-state index in [0.29, 0.717) is 31.0 Å². The van der Waals surface area contributed by atoms with Gasteiger partial charge in [0, 0.05) is 25.4 Å². The number of morpholine rings is 1. The van der Waals surface area contributed by atoms with Crippen molar-refractivity contribution in [1.29, 1.82) is 5.26 Å². The average Bonchev–Trinajstić information content (AvgIpc) is 3.06. The molecule has 0 spiro atoms. The van der Waals surface area contributed by atoms with Gasteiger partial charge in [-0.25, -0.2) is 4.98 Å². The van der Waals surface area contributed by atoms with Gasteiger partial charge >= 0.3 is 0 Å². The zero-order chi connectivity index (χ0) is 16.5. The van der Waals surface area contributed by atoms with Crippen LogP contribution in [0.3, 0.4) is 0 Å². The number of hydrogen-bond acceptors (Lipinski definition) is 6. The van der Waals surface area contributed by atoms with Crippen molar-refractivity contribution in [1.82, 2.24) is 4.98 Å². The van der Waals surface area contributed by atoms with Crippen molar-refractivity contribution >= 4 is 28.2 Å². The molecular formula is C17H16N4O2S. The predicted octanol–water partition coefficient (Wildman–Crippen LogP) is 2.33. The molecule has 1 aromatic heterocycles. The van der Waals surface area contributed by atoms with Crippen LogP contribution in [0.5, 0.6) is 0 Å². The third-order valence-corrected chi connectivity index (χ3v) is 5.56. The molecule has 2 aromatic rings. The number of thiazole rings is 1. The zero-order valence-electron chi connectivity index (χ0n) is 13.0. The van der Waals surface area contributed by atoms with Crippen LogP contribution < -0.4 is 10.2 Å². The summed E-state index contributed by atoms with van der Waals surface area (Å²) in [7, 11) is 0. The van der Waals surface area contributed by atoms with E-state index in [1.165, 1.54) is 0 Å². The Hall–Kier alpha value is -2.43. The van der Waals surface area contributed by atoms with Gasteiger partial charge in [-0.15, -0.1) is 0 Å². The minimum Gasteiger partial charge on any atom is -0.378 e. The topological polar surface area (TPSA) is 78.2 Å². The number of amides is 1. The van der Waals surface area contributed by atoms with Crippen LogP contribution in [0.15, 0.2) is 24.3 Å². The monoisotopic (exact) mass is 340 g/mol. The molecule has 1 atom stereocenters. The second-order valence-electron chi connectivity index (χ2n) is 5.85. The van der Waals surface area contributed by atoms with Gasteiger partial charge in [-0.2, -0.15) is 5.26 Å². The quantitative estimate of drug-likeness (QED) is 0.908. The van der Waals surface area contributed by atoms with Crippen LogP contribution >= 0.6 is 11.3 Å². The van der Waals surface area contributed by atoms with Crippen molar-refractivity contribution in [2.75, 3.05) is 36.5 Å². The molecule has 4 rings (SSSR count). The molecule has 0 unspecified atom stereocenters. The first-order valence-electron chi connectivity index (χ1n) is 7.88. The molecule has 2 aliphatic rings. The maximum atomic E-state index is 12.1. The largest absolute Gasteiger partial charge is 0.378 e. The molecule has 0 radical (unpaired) electrons. The molecule has 3 heterocycles. The van der Waals surface area contributed by atoms with Crippen molar-refractivity contribution in [3.05, 3.63) is 40.3 Å². The summed E-state index contributed by atoms with van der Waals surface area (Å²) in [5, 5.41) is 12.8. The van der Waals surface area contributed by atoms with E-state index in [1.54, 1.807) is 23.5 Å². The fourth-order valence-corrected chi connectivity index (χ4v) is 4.26. The number of nitrogens with one attached hydrogen (secondary N) is 1. The number of nitriles is 1. The number of fused-ring (bicyclic) bond motifs is 1. The summed E-state index contributed by atoms with van der Waals surface area (Å²) in [4.78, 5) is 20.0. The Morgan fingerprint density at radius 1 is 1.29 bits per heavy atom. The van der Waals surface area contributed by atoms with E-state index in [4.69, 9.17) is 10.00 Å². The Kier molecular flexibility index (Phi) is 3.92. The van der Waals surface area contributed by atoms with Crippen molar-refractivity contribution in [3.63, 3.8) is 0 Å². The van der Waals surface area contributed by atoms with Crippen molar-refractivity contribution in [3.8, 4) is 6.07 Å². The van der Waals surface area contributed by atoms with Crippen LogP contribution in [0.2, 0.25) is 0 Å². The molecule has 7 heteroatoms. The van der Waals surface area contributed by atoms with Gasteiger partial charge in [-0.1, -0.05) is 23.5 Å². The van der Waals surface area contributed by atoms with E-state index < -0.39 is 0 Å². The third-order valence-electron chi connectivity index (χ3n) is 4.33. The van der Waals surface area contributed by atoms with Crippen LogP contribution in [-0.4, -0.2) is 37.2 Å². The Morgan fingerprint density at radius 3 is 2.75 bits per heavy atom. The Balaban J connectivity index is 1.69. The maximum absolute atomic E-state index is 12.1. The molecule has 1 amide bonds. The number of carbonyl (C=O) groups is 1. The van der Waals surface area contributed by atoms with E-state index in [-0.39, 0.29) is 11.8 Å². The highest BCUT2D eigenvalue weighted by Crippen LogP contribution is 2.43. The number of anilines is 2. The fraction of sp³-hybridized carbons (Fsp3) is 0.353. The highest BCUT2D eigenvalue weighted by Gasteiger charge is 2.31. The SMILES string of the molecule is N#Cc1ccc([C@@H]2CC(=O)Nc3nc(N4CCOCC4)sc32)cc1. The Bertz CT molecular complexity index is 803. The number of carbonyl (C=O) groups excluding carboxylic acids is 1. The third kappa shape index (κ3) is 2.75. The molecule has 1 fully saturated rings. The summed E-state index contributed by atoms with van der Waals surface area (Å²) in [6, 6.07) is 9.58. The van der Waals surface area contributed by atoms with Crippen molar-refractivity contribution in [2.45, 2.75) is 12.3 Å². The van der Waals surface area contributed by atoms with Gasteiger partial charge in [0.25, 0.3) is 0 Å². The lowest BCUT2D eigenvalue weighted by Crippen LogP contribution is -2.36. The first kappa shape index (κ1) is 15.1. The summed E-state index contributed by atoms with van der Waals surface area (Å²) < 4.78 is 5.39. The molecule has 24 heavy (non-hydrogen) atoms. The van der Waals surface area contributed by atoms with Gasteiger partial charge in [0.1, 0.15) is 5.82 Å². The number of rotatable bonds is 2. The first-order valence-corrected chi connectivity index (χ1v) is 8.69. The Morgan fingerprint density at radius 2 is 2.04 bits per heavy atom. The fourth-order valence-electron chi connectivity index (χ4n) is 3.06. The molecular weight excluding hydrogens is 324 g/mol. The number of ether oxygens (including phenoxy) is 1. The second-order valence-corrected chi connectivity index (χ2v) is 6.86. The molecule has 6 nitrogen and oxygen atoms in total. The lowest BCUT2D eigenvalue weighted by molar-refractivity contribution is -0.116. The molecule has 0 aliphatic carbocycles. The minimum absolute atomic E-state index is 0.00576. The molecule has 0 bridgehead atoms. The summed E-state index contributed by atoms with van der Waals surface area (Å²) in [5.41, 5.74) is 1.67. The Labute approximate surface area is 143 Å². The van der Waals surface area contributed by atoms with Gasteiger partial charge in [0.05, 0.1) is 29.7 Å². The molecule has 1 aromatic carbocycles. The zero-order valence-corrected chi connectivity index (χ0v) is 13.8. The molecule has 122 valence electrons. The molecule has 0 saturated carbocycles. The van der Waals surface area contributed by atoms with Crippen molar-refractivity contribution in [2.24, 2.45) is 0 Å². The number of aromatic nitrogens is 1. The lowest BCUT2D eigenvalue weighted by atomic mass is 9.91. The summed E-state index contributed by atoms with van der Waals surface area (Å²) in [6.45, 7) is 3.05. The van der Waals surface area contributed by atoms with Crippen LogP contribution in [0.25, 0.3) is 0 Å². The van der Waals surface area contributed by atoms with Crippen LogP contribution in [0.4, 0.5) is 10.9 Å². The second kappa shape index (κ2) is 6.23. The maximum Gasteiger partial charge on any atom is 0.226 e. The molecule has 1 saturated heterocycles. The van der Waals surface area contributed by atoms with Gasteiger partial charge in [-0.05, 0) is 17.7 Å². The standard InChI is InChI=1S/C17H16N4O2S/c18-10-11-1-3-12(4-2-11)13-9-14(22)19-16-15(13)24-17(20-16)21-5-7-23-8-6-21/h1-4,13H,5-9H2,(H,19,22)/t13-/m0/s1. The average molecular weight is 340 g/mol. The minimum atomic E-state index is -0.0179. The van der Waals surface area contributed by atoms with Crippen molar-refractivity contribution < 1.29 is 9.53 Å². The number of hydrogen-bond donors (Lipinski definition) is 1. The first-order chi connectivity index (χ1) is 11.7. The summed E-state index contributed by atoms with van der Waals surface area (Å²) >= 11 is 1.64. The van der Waals surface area contributed by atoms with E-state index in [0.717, 1.165) is 28.7 Å². The summed E-state index contributed by atoms with van der Waals surface area (Å²) in [6.07, 6.45) is 0.406. The van der Waals surface area contributed by atoms with E-state index in [2.05, 4.69) is 21.3 Å². The van der Waals surface area contributed by atoms with E-state index in [1.807, 2.05) is 12.1 Å². The number of benzene rings is 1. The van der Waals surface area contributed by atoms with E-state index >= 15 is 0 Å². The highest BCUT2D eigenvalue weighted by atomic mass is 32.1. The van der Waals surface area contributed by atoms with Crippen LogP contribution in [-0.2, 0) is 9.53 Å². The van der Waals surface area contributed by atoms with Gasteiger partial charge in [0.15, 0.2) is 5.13 Å². The predicted molar refractivity (Wildman–Crippen MR) is 91.4 cm³/mol. The van der Waals surface area contributed by atoms with Gasteiger partial charge in [-0.3, -0.25) is 4.79 Å². The highest BCUT2D eigenvalue weighted by molar-refractivity contribution is 7.16. The van der Waals surface area contributed by atoms with E-state index in [9.17, 15) is 4.79 Å². The lowest BCUT2D eigenvalue weighted by Gasteiger charge is -2.26. The molecule has 1 N–H and O–H groups in total. The number of nitrogens with zero attached hydrogens (tertiary/aromatic N) is 3. The smallest absolute Gasteiger partial charge is 0.226 e. The van der Waals surface area contributed by atoms with Crippen LogP contribution in [0.1, 0.15) is 28.3 Å². The van der Waals surface area contributed by atoms with Crippen LogP contribution in [0, 0.1) is 11.3 Å².